The Balaban J connectivity index is 2.36. The molecule has 2 aromatic rings. The largest absolute Gasteiger partial charge is 0.493 e. The maximum absolute atomic E-state index is 9.29. The third kappa shape index (κ3) is 3.89. The standard InChI is InChI=1S/C17H21N5O/c1-3-4-5-8-23-14-9-12(7-6-11(14)2)15-13(10-18)16(19)22-17(20)21-15/h6-7,9H,3-5,8H2,1-2H3,(H4,19,20,21,22). The average Bonchev–Trinajstić information content (AvgIpc) is 2.52. The summed E-state index contributed by atoms with van der Waals surface area (Å²) in [6, 6.07) is 7.70. The molecule has 0 aliphatic carbocycles. The number of nitrogen functional groups attached to an aromatic ring is 2. The zero-order valence-corrected chi connectivity index (χ0v) is 13.5. The van der Waals surface area contributed by atoms with Crippen molar-refractivity contribution in [2.75, 3.05) is 18.1 Å². The second-order valence-corrected chi connectivity index (χ2v) is 5.34. The van der Waals surface area contributed by atoms with Crippen molar-refractivity contribution in [2.45, 2.75) is 33.1 Å². The molecule has 0 radical (unpaired) electrons. The first kappa shape index (κ1) is 16.6. The summed E-state index contributed by atoms with van der Waals surface area (Å²) in [5.74, 6) is 0.904. The number of nitrogens with zero attached hydrogens (tertiary/aromatic N) is 3. The second kappa shape index (κ2) is 7.45. The van der Waals surface area contributed by atoms with Crippen molar-refractivity contribution >= 4 is 11.8 Å². The van der Waals surface area contributed by atoms with Crippen LogP contribution in [-0.4, -0.2) is 16.6 Å². The second-order valence-electron chi connectivity index (χ2n) is 5.34. The van der Waals surface area contributed by atoms with Crippen LogP contribution in [0.2, 0.25) is 0 Å². The molecule has 1 heterocycles. The molecule has 0 saturated heterocycles. The van der Waals surface area contributed by atoms with E-state index in [2.05, 4.69) is 16.9 Å². The van der Waals surface area contributed by atoms with Crippen molar-refractivity contribution in [2.24, 2.45) is 0 Å². The van der Waals surface area contributed by atoms with Crippen LogP contribution in [0.5, 0.6) is 5.75 Å². The highest BCUT2D eigenvalue weighted by molar-refractivity contribution is 5.74. The van der Waals surface area contributed by atoms with Gasteiger partial charge >= 0.3 is 0 Å². The van der Waals surface area contributed by atoms with Crippen LogP contribution in [-0.2, 0) is 0 Å². The first-order valence-electron chi connectivity index (χ1n) is 7.63. The zero-order chi connectivity index (χ0) is 16.8. The van der Waals surface area contributed by atoms with E-state index in [1.807, 2.05) is 31.2 Å². The van der Waals surface area contributed by atoms with E-state index in [9.17, 15) is 5.26 Å². The molecule has 1 aromatic heterocycles. The molecular formula is C17H21N5O. The average molecular weight is 311 g/mol. The van der Waals surface area contributed by atoms with Crippen LogP contribution in [0, 0.1) is 18.3 Å². The molecule has 0 atom stereocenters. The van der Waals surface area contributed by atoms with Gasteiger partial charge in [-0.1, -0.05) is 31.9 Å². The Kier molecular flexibility index (Phi) is 5.36. The summed E-state index contributed by atoms with van der Waals surface area (Å²) >= 11 is 0. The molecule has 0 spiro atoms. The Morgan fingerprint density at radius 1 is 1.22 bits per heavy atom. The number of aromatic nitrogens is 2. The van der Waals surface area contributed by atoms with Gasteiger partial charge in [0.15, 0.2) is 0 Å². The SMILES string of the molecule is CCCCCOc1cc(-c2nc(N)nc(N)c2C#N)ccc1C. The fourth-order valence-electron chi connectivity index (χ4n) is 2.25. The number of hydrogen-bond acceptors (Lipinski definition) is 6. The van der Waals surface area contributed by atoms with Crippen LogP contribution in [0.3, 0.4) is 0 Å². The minimum atomic E-state index is 0.0440. The third-order valence-electron chi connectivity index (χ3n) is 3.53. The quantitative estimate of drug-likeness (QED) is 0.793. The molecule has 0 fully saturated rings. The molecule has 0 aliphatic rings. The Morgan fingerprint density at radius 2 is 2.00 bits per heavy atom. The van der Waals surface area contributed by atoms with Crippen LogP contribution < -0.4 is 16.2 Å². The molecule has 0 amide bonds. The monoisotopic (exact) mass is 311 g/mol. The van der Waals surface area contributed by atoms with Crippen molar-refractivity contribution in [1.82, 2.24) is 9.97 Å². The smallest absolute Gasteiger partial charge is 0.222 e. The van der Waals surface area contributed by atoms with Crippen LogP contribution in [0.4, 0.5) is 11.8 Å². The number of benzene rings is 1. The molecule has 0 unspecified atom stereocenters. The van der Waals surface area contributed by atoms with E-state index in [1.165, 1.54) is 0 Å². The van der Waals surface area contributed by atoms with Crippen molar-refractivity contribution in [3.05, 3.63) is 29.3 Å². The van der Waals surface area contributed by atoms with Crippen LogP contribution in [0.15, 0.2) is 18.2 Å². The van der Waals surface area contributed by atoms with E-state index >= 15 is 0 Å². The predicted molar refractivity (Wildman–Crippen MR) is 90.8 cm³/mol. The van der Waals surface area contributed by atoms with E-state index in [4.69, 9.17) is 16.2 Å². The number of rotatable bonds is 6. The van der Waals surface area contributed by atoms with Gasteiger partial charge < -0.3 is 16.2 Å². The summed E-state index contributed by atoms with van der Waals surface area (Å²) in [5.41, 5.74) is 13.8. The van der Waals surface area contributed by atoms with E-state index in [1.54, 1.807) is 0 Å². The molecule has 1 aromatic carbocycles. The van der Waals surface area contributed by atoms with Gasteiger partial charge in [0, 0.05) is 5.56 Å². The lowest BCUT2D eigenvalue weighted by Crippen LogP contribution is -2.05. The lowest BCUT2D eigenvalue weighted by atomic mass is 10.0. The van der Waals surface area contributed by atoms with Gasteiger partial charge in [0.25, 0.3) is 0 Å². The highest BCUT2D eigenvalue weighted by atomic mass is 16.5. The summed E-state index contributed by atoms with van der Waals surface area (Å²) in [7, 11) is 0. The Labute approximate surface area is 136 Å². The molecule has 120 valence electrons. The van der Waals surface area contributed by atoms with Gasteiger partial charge in [-0.05, 0) is 25.0 Å². The van der Waals surface area contributed by atoms with E-state index in [0.29, 0.717) is 12.3 Å². The number of unbranched alkanes of at least 4 members (excludes halogenated alkanes) is 2. The Morgan fingerprint density at radius 3 is 2.70 bits per heavy atom. The van der Waals surface area contributed by atoms with E-state index < -0.39 is 0 Å². The molecule has 4 N–H and O–H groups in total. The summed E-state index contributed by atoms with van der Waals surface area (Å²) in [6.45, 7) is 4.79. The summed E-state index contributed by atoms with van der Waals surface area (Å²) < 4.78 is 5.85. The van der Waals surface area contributed by atoms with E-state index in [-0.39, 0.29) is 17.3 Å². The van der Waals surface area contributed by atoms with Crippen LogP contribution >= 0.6 is 0 Å². The van der Waals surface area contributed by atoms with Gasteiger partial charge in [-0.3, -0.25) is 0 Å². The number of anilines is 2. The fourth-order valence-corrected chi connectivity index (χ4v) is 2.25. The maximum Gasteiger partial charge on any atom is 0.222 e. The number of aryl methyl sites for hydroxylation is 1. The van der Waals surface area contributed by atoms with Crippen LogP contribution in [0.1, 0.15) is 37.3 Å². The zero-order valence-electron chi connectivity index (χ0n) is 13.5. The summed E-state index contributed by atoms with van der Waals surface area (Å²) in [5, 5.41) is 9.29. The maximum atomic E-state index is 9.29. The number of ether oxygens (including phenoxy) is 1. The number of nitriles is 1. The highest BCUT2D eigenvalue weighted by Gasteiger charge is 2.14. The van der Waals surface area contributed by atoms with Gasteiger partial charge in [0.1, 0.15) is 23.2 Å². The number of hydrogen-bond donors (Lipinski definition) is 2. The van der Waals surface area contributed by atoms with Gasteiger partial charge in [0.05, 0.1) is 12.3 Å². The Hall–Kier alpha value is -2.81. The molecule has 0 saturated carbocycles. The lowest BCUT2D eigenvalue weighted by Gasteiger charge is -2.12. The van der Waals surface area contributed by atoms with Crippen molar-refractivity contribution in [1.29, 1.82) is 5.26 Å². The molecule has 0 aliphatic heterocycles. The van der Waals surface area contributed by atoms with Gasteiger partial charge in [-0.2, -0.15) is 10.2 Å². The fraction of sp³-hybridized carbons (Fsp3) is 0.353. The van der Waals surface area contributed by atoms with Gasteiger partial charge in [-0.25, -0.2) is 4.98 Å². The van der Waals surface area contributed by atoms with Gasteiger partial charge in [-0.15, -0.1) is 0 Å². The van der Waals surface area contributed by atoms with Crippen LogP contribution in [0.25, 0.3) is 11.3 Å². The minimum absolute atomic E-state index is 0.0440. The third-order valence-corrected chi connectivity index (χ3v) is 3.53. The van der Waals surface area contributed by atoms with Crippen molar-refractivity contribution < 1.29 is 4.74 Å². The minimum Gasteiger partial charge on any atom is -0.493 e. The molecular weight excluding hydrogens is 290 g/mol. The molecule has 2 rings (SSSR count). The first-order chi connectivity index (χ1) is 11.1. The van der Waals surface area contributed by atoms with Gasteiger partial charge in [0.2, 0.25) is 5.95 Å². The summed E-state index contributed by atoms with van der Waals surface area (Å²) in [4.78, 5) is 8.00. The molecule has 6 heteroatoms. The van der Waals surface area contributed by atoms with Crippen molar-refractivity contribution in [3.63, 3.8) is 0 Å². The topological polar surface area (TPSA) is 111 Å². The molecule has 6 nitrogen and oxygen atoms in total. The lowest BCUT2D eigenvalue weighted by molar-refractivity contribution is 0.304. The Bertz CT molecular complexity index is 736. The predicted octanol–water partition coefficient (Wildman–Crippen LogP) is 3.06. The normalized spacial score (nSPS) is 10.3. The number of nitrogens with two attached hydrogens (primary N) is 2. The highest BCUT2D eigenvalue weighted by Crippen LogP contribution is 2.30. The molecule has 0 bridgehead atoms. The summed E-state index contributed by atoms with van der Waals surface area (Å²) in [6.07, 6.45) is 3.29. The first-order valence-corrected chi connectivity index (χ1v) is 7.63. The molecule has 23 heavy (non-hydrogen) atoms. The van der Waals surface area contributed by atoms with Crippen molar-refractivity contribution in [3.8, 4) is 23.1 Å². The van der Waals surface area contributed by atoms with E-state index in [0.717, 1.165) is 36.1 Å².